The van der Waals surface area contributed by atoms with Crippen LogP contribution in [0.5, 0.6) is 0 Å². The van der Waals surface area contributed by atoms with Gasteiger partial charge in [-0.05, 0) is 26.2 Å². The van der Waals surface area contributed by atoms with Gasteiger partial charge in [-0.2, -0.15) is 0 Å². The minimum atomic E-state index is -0.521. The summed E-state index contributed by atoms with van der Waals surface area (Å²) in [6.45, 7) is 4.54. The second-order valence-electron chi connectivity index (χ2n) is 4.94. The molecule has 1 saturated heterocycles. The van der Waals surface area contributed by atoms with Crippen LogP contribution in [0.2, 0.25) is 0 Å². The highest BCUT2D eigenvalue weighted by Crippen LogP contribution is 2.24. The molecule has 1 aliphatic rings. The zero-order chi connectivity index (χ0) is 14.1. The number of carbonyl (C=O) groups excluding carboxylic acids is 1. The lowest BCUT2D eigenvalue weighted by Gasteiger charge is -2.37. The second-order valence-corrected chi connectivity index (χ2v) is 4.94. The largest absolute Gasteiger partial charge is 0.385 e. The number of nitrogens with one attached hydrogen (secondary N) is 1. The molecule has 0 radical (unpaired) electrons. The average molecular weight is 274 g/mol. The van der Waals surface area contributed by atoms with Gasteiger partial charge in [0, 0.05) is 33.4 Å². The molecule has 0 spiro atoms. The number of methoxy groups -OCH3 is 1. The molecule has 6 nitrogen and oxygen atoms in total. The van der Waals surface area contributed by atoms with E-state index in [0.717, 1.165) is 25.9 Å². The van der Waals surface area contributed by atoms with Crippen molar-refractivity contribution in [2.45, 2.75) is 37.9 Å². The molecule has 1 heterocycles. The van der Waals surface area contributed by atoms with Gasteiger partial charge in [0.15, 0.2) is 0 Å². The van der Waals surface area contributed by atoms with E-state index in [1.165, 1.54) is 0 Å². The standard InChI is InChI=1S/C13H26N2O4/c1-11(12(16)15-6-4-7-17-2)19-13(9-14)5-3-8-18-10-13/h11H,3-10,14H2,1-2H3,(H,15,16). The number of ether oxygens (including phenoxy) is 3. The summed E-state index contributed by atoms with van der Waals surface area (Å²) in [6.07, 6.45) is 2.03. The van der Waals surface area contributed by atoms with Crippen molar-refractivity contribution in [1.29, 1.82) is 0 Å². The molecule has 2 atom stereocenters. The van der Waals surface area contributed by atoms with E-state index in [1.807, 2.05) is 0 Å². The van der Waals surface area contributed by atoms with Gasteiger partial charge in [0.05, 0.1) is 6.61 Å². The predicted molar refractivity (Wildman–Crippen MR) is 71.9 cm³/mol. The molecule has 6 heteroatoms. The van der Waals surface area contributed by atoms with Crippen LogP contribution in [0, 0.1) is 0 Å². The van der Waals surface area contributed by atoms with E-state index in [0.29, 0.717) is 26.3 Å². The highest BCUT2D eigenvalue weighted by Gasteiger charge is 2.35. The van der Waals surface area contributed by atoms with Crippen LogP contribution in [0.4, 0.5) is 0 Å². The van der Waals surface area contributed by atoms with Crippen molar-refractivity contribution in [3.8, 4) is 0 Å². The maximum Gasteiger partial charge on any atom is 0.248 e. The van der Waals surface area contributed by atoms with E-state index >= 15 is 0 Å². The predicted octanol–water partition coefficient (Wildman–Crippen LogP) is 0.0521. The third kappa shape index (κ3) is 5.44. The van der Waals surface area contributed by atoms with Crippen LogP contribution in [0.15, 0.2) is 0 Å². The lowest BCUT2D eigenvalue weighted by Crippen LogP contribution is -2.52. The Kier molecular flexibility index (Phi) is 7.30. The van der Waals surface area contributed by atoms with E-state index in [9.17, 15) is 4.79 Å². The lowest BCUT2D eigenvalue weighted by atomic mass is 9.96. The summed E-state index contributed by atoms with van der Waals surface area (Å²) in [7, 11) is 1.64. The van der Waals surface area contributed by atoms with Crippen molar-refractivity contribution >= 4 is 5.91 Å². The van der Waals surface area contributed by atoms with Gasteiger partial charge in [0.1, 0.15) is 11.7 Å². The maximum absolute atomic E-state index is 11.9. The molecule has 0 aromatic rings. The molecule has 0 saturated carbocycles. The van der Waals surface area contributed by atoms with E-state index in [4.69, 9.17) is 19.9 Å². The third-order valence-corrected chi connectivity index (χ3v) is 3.28. The number of nitrogens with two attached hydrogens (primary N) is 1. The van der Waals surface area contributed by atoms with Gasteiger partial charge in [-0.3, -0.25) is 4.79 Å². The van der Waals surface area contributed by atoms with Crippen molar-refractivity contribution in [2.24, 2.45) is 5.73 Å². The normalized spacial score (nSPS) is 25.0. The van der Waals surface area contributed by atoms with Crippen molar-refractivity contribution in [3.05, 3.63) is 0 Å². The van der Waals surface area contributed by atoms with Gasteiger partial charge in [-0.25, -0.2) is 0 Å². The fraction of sp³-hybridized carbons (Fsp3) is 0.923. The van der Waals surface area contributed by atoms with Crippen LogP contribution in [-0.2, 0) is 19.0 Å². The molecular formula is C13H26N2O4. The topological polar surface area (TPSA) is 82.8 Å². The Morgan fingerprint density at radius 3 is 2.95 bits per heavy atom. The molecule has 1 amide bonds. The van der Waals surface area contributed by atoms with Crippen LogP contribution in [0.25, 0.3) is 0 Å². The molecular weight excluding hydrogens is 248 g/mol. The van der Waals surface area contributed by atoms with Crippen LogP contribution < -0.4 is 11.1 Å². The van der Waals surface area contributed by atoms with Gasteiger partial charge in [-0.1, -0.05) is 0 Å². The van der Waals surface area contributed by atoms with Gasteiger partial charge in [0.2, 0.25) is 5.91 Å². The Hall–Kier alpha value is -0.690. The Morgan fingerprint density at radius 2 is 2.37 bits per heavy atom. The van der Waals surface area contributed by atoms with Gasteiger partial charge >= 0.3 is 0 Å². The third-order valence-electron chi connectivity index (χ3n) is 3.28. The van der Waals surface area contributed by atoms with E-state index in [2.05, 4.69) is 5.32 Å². The van der Waals surface area contributed by atoms with Crippen LogP contribution in [0.1, 0.15) is 26.2 Å². The van der Waals surface area contributed by atoms with E-state index < -0.39 is 11.7 Å². The monoisotopic (exact) mass is 274 g/mol. The summed E-state index contributed by atoms with van der Waals surface area (Å²) in [5, 5.41) is 2.82. The molecule has 1 rings (SSSR count). The molecule has 0 aromatic carbocycles. The minimum Gasteiger partial charge on any atom is -0.385 e. The van der Waals surface area contributed by atoms with Crippen LogP contribution in [-0.4, -0.2) is 57.6 Å². The molecule has 112 valence electrons. The first-order chi connectivity index (χ1) is 9.13. The fourth-order valence-electron chi connectivity index (χ4n) is 2.13. The Morgan fingerprint density at radius 1 is 1.58 bits per heavy atom. The highest BCUT2D eigenvalue weighted by molar-refractivity contribution is 5.80. The molecule has 0 aromatic heterocycles. The van der Waals surface area contributed by atoms with E-state index in [1.54, 1.807) is 14.0 Å². The first-order valence-corrected chi connectivity index (χ1v) is 6.86. The number of carbonyl (C=O) groups is 1. The first kappa shape index (κ1) is 16.4. The molecule has 0 aliphatic carbocycles. The summed E-state index contributed by atoms with van der Waals surface area (Å²) in [6, 6.07) is 0. The SMILES string of the molecule is COCCCNC(=O)C(C)OC1(CN)CCCOC1. The number of hydrogen-bond acceptors (Lipinski definition) is 5. The maximum atomic E-state index is 11.9. The number of hydrogen-bond donors (Lipinski definition) is 2. The quantitative estimate of drug-likeness (QED) is 0.611. The summed E-state index contributed by atoms with van der Waals surface area (Å²) in [5.41, 5.74) is 5.26. The van der Waals surface area contributed by atoms with Crippen molar-refractivity contribution in [1.82, 2.24) is 5.32 Å². The first-order valence-electron chi connectivity index (χ1n) is 6.86. The Labute approximate surface area is 115 Å². The molecule has 1 aliphatic heterocycles. The average Bonchev–Trinajstić information content (AvgIpc) is 2.44. The summed E-state index contributed by atoms with van der Waals surface area (Å²) in [4.78, 5) is 11.9. The molecule has 2 unspecified atom stereocenters. The number of amides is 1. The van der Waals surface area contributed by atoms with Gasteiger partial charge in [-0.15, -0.1) is 0 Å². The zero-order valence-corrected chi connectivity index (χ0v) is 11.9. The molecule has 3 N–H and O–H groups in total. The number of rotatable bonds is 8. The smallest absolute Gasteiger partial charge is 0.248 e. The minimum absolute atomic E-state index is 0.116. The van der Waals surface area contributed by atoms with E-state index in [-0.39, 0.29) is 5.91 Å². The van der Waals surface area contributed by atoms with Crippen molar-refractivity contribution in [2.75, 3.05) is 40.0 Å². The molecule has 0 bridgehead atoms. The second kappa shape index (κ2) is 8.47. The fourth-order valence-corrected chi connectivity index (χ4v) is 2.13. The summed E-state index contributed by atoms with van der Waals surface area (Å²) >= 11 is 0. The highest BCUT2D eigenvalue weighted by atomic mass is 16.6. The van der Waals surface area contributed by atoms with Crippen molar-refractivity contribution in [3.63, 3.8) is 0 Å². The van der Waals surface area contributed by atoms with Crippen LogP contribution in [0.3, 0.4) is 0 Å². The Bertz CT molecular complexity index is 267. The molecule has 1 fully saturated rings. The molecule has 19 heavy (non-hydrogen) atoms. The van der Waals surface area contributed by atoms with Crippen molar-refractivity contribution < 1.29 is 19.0 Å². The zero-order valence-electron chi connectivity index (χ0n) is 11.9. The van der Waals surface area contributed by atoms with Gasteiger partial charge in [0.25, 0.3) is 0 Å². The van der Waals surface area contributed by atoms with Gasteiger partial charge < -0.3 is 25.3 Å². The summed E-state index contributed by atoms with van der Waals surface area (Å²) < 4.78 is 16.2. The lowest BCUT2D eigenvalue weighted by molar-refractivity contribution is -0.165. The Balaban J connectivity index is 2.34. The van der Waals surface area contributed by atoms with Crippen LogP contribution >= 0.6 is 0 Å². The summed E-state index contributed by atoms with van der Waals surface area (Å²) in [5.74, 6) is -0.116.